The molecule has 6 heteroatoms. The molecule has 2 heterocycles. The smallest absolute Gasteiger partial charge is 0.319 e. The van der Waals surface area contributed by atoms with Crippen molar-refractivity contribution in [3.8, 4) is 0 Å². The molecule has 1 atom stereocenters. The quantitative estimate of drug-likeness (QED) is 0.907. The van der Waals surface area contributed by atoms with Crippen LogP contribution in [0.4, 0.5) is 8.78 Å². The van der Waals surface area contributed by atoms with Crippen molar-refractivity contribution < 1.29 is 13.9 Å². The normalized spacial score (nSPS) is 13.4. The number of hydrogen-bond donors (Lipinski definition) is 1. The van der Waals surface area contributed by atoms with Gasteiger partial charge in [0.05, 0.1) is 12.6 Å². The van der Waals surface area contributed by atoms with Gasteiger partial charge in [-0.2, -0.15) is 8.78 Å². The van der Waals surface area contributed by atoms with E-state index in [1.54, 1.807) is 23.0 Å². The summed E-state index contributed by atoms with van der Waals surface area (Å²) < 4.78 is 27.9. The lowest BCUT2D eigenvalue weighted by Gasteiger charge is -2.12. The Morgan fingerprint density at radius 1 is 1.32 bits per heavy atom. The molecule has 19 heavy (non-hydrogen) atoms. The van der Waals surface area contributed by atoms with Crippen molar-refractivity contribution >= 4 is 0 Å². The fourth-order valence-corrected chi connectivity index (χ4v) is 1.92. The van der Waals surface area contributed by atoms with Gasteiger partial charge in [0, 0.05) is 24.8 Å². The van der Waals surface area contributed by atoms with E-state index in [0.29, 0.717) is 0 Å². The number of nitrogens with zero attached hydrogens (tertiary/aromatic N) is 3. The molecule has 0 fully saturated rings. The fourth-order valence-electron chi connectivity index (χ4n) is 1.92. The van der Waals surface area contributed by atoms with Crippen molar-refractivity contribution in [3.05, 3.63) is 42.2 Å². The molecule has 2 aromatic rings. The molecular formula is C13H17F2N3O. The highest BCUT2D eigenvalue weighted by molar-refractivity contribution is 5.15. The van der Waals surface area contributed by atoms with Crippen LogP contribution < -0.4 is 0 Å². The summed E-state index contributed by atoms with van der Waals surface area (Å²) >= 11 is 0. The van der Waals surface area contributed by atoms with E-state index in [0.717, 1.165) is 10.1 Å². The van der Waals surface area contributed by atoms with Crippen LogP contribution in [0.25, 0.3) is 0 Å². The number of aliphatic hydroxyl groups excluding tert-OH is 1. The van der Waals surface area contributed by atoms with Crippen LogP contribution in [0.3, 0.4) is 0 Å². The predicted molar refractivity (Wildman–Crippen MR) is 66.8 cm³/mol. The Kier molecular flexibility index (Phi) is 3.99. The molecule has 104 valence electrons. The van der Waals surface area contributed by atoms with Gasteiger partial charge in [0.2, 0.25) is 0 Å². The van der Waals surface area contributed by atoms with E-state index in [1.165, 1.54) is 12.4 Å². The molecule has 2 rings (SSSR count). The van der Waals surface area contributed by atoms with E-state index in [2.05, 4.69) is 4.98 Å². The maximum Gasteiger partial charge on any atom is 0.319 e. The number of alkyl halides is 2. The maximum atomic E-state index is 12.7. The third-order valence-electron chi connectivity index (χ3n) is 3.03. The van der Waals surface area contributed by atoms with Gasteiger partial charge in [0.25, 0.3) is 0 Å². The Labute approximate surface area is 110 Å². The molecule has 2 aromatic heterocycles. The lowest BCUT2D eigenvalue weighted by atomic mass is 10.0. The van der Waals surface area contributed by atoms with Gasteiger partial charge in [-0.25, -0.2) is 4.98 Å². The standard InChI is InChI=1S/C13H17F2N3O/c1-9(2)12(19)10-3-5-17(7-10)8-11-16-4-6-18(11)13(14)15/h3-7,9,12-13,19H,8H2,1-2H3. The second kappa shape index (κ2) is 5.52. The fraction of sp³-hybridized carbons (Fsp3) is 0.462. The first-order valence-corrected chi connectivity index (χ1v) is 6.12. The lowest BCUT2D eigenvalue weighted by Crippen LogP contribution is -2.08. The lowest BCUT2D eigenvalue weighted by molar-refractivity contribution is 0.0667. The molecule has 0 aromatic carbocycles. The molecule has 0 bridgehead atoms. The third-order valence-corrected chi connectivity index (χ3v) is 3.03. The van der Waals surface area contributed by atoms with Crippen molar-refractivity contribution in [3.63, 3.8) is 0 Å². The van der Waals surface area contributed by atoms with Crippen LogP contribution in [0.15, 0.2) is 30.9 Å². The highest BCUT2D eigenvalue weighted by atomic mass is 19.3. The Morgan fingerprint density at radius 2 is 2.05 bits per heavy atom. The van der Waals surface area contributed by atoms with Crippen LogP contribution in [0.1, 0.15) is 37.9 Å². The summed E-state index contributed by atoms with van der Waals surface area (Å²) in [6.07, 6.45) is 5.58. The summed E-state index contributed by atoms with van der Waals surface area (Å²) in [4.78, 5) is 3.92. The number of halogens is 2. The van der Waals surface area contributed by atoms with Gasteiger partial charge in [-0.15, -0.1) is 0 Å². The number of imidazole rings is 1. The molecule has 0 amide bonds. The van der Waals surface area contributed by atoms with E-state index in [9.17, 15) is 13.9 Å². The van der Waals surface area contributed by atoms with Gasteiger partial charge in [0.15, 0.2) is 0 Å². The first-order chi connectivity index (χ1) is 8.99. The van der Waals surface area contributed by atoms with E-state index >= 15 is 0 Å². The summed E-state index contributed by atoms with van der Waals surface area (Å²) in [7, 11) is 0. The molecule has 0 radical (unpaired) electrons. The van der Waals surface area contributed by atoms with Gasteiger partial charge in [-0.3, -0.25) is 4.57 Å². The second-order valence-corrected chi connectivity index (χ2v) is 4.83. The molecule has 1 N–H and O–H groups in total. The Morgan fingerprint density at radius 3 is 2.68 bits per heavy atom. The molecule has 0 saturated heterocycles. The summed E-state index contributed by atoms with van der Waals surface area (Å²) in [6.45, 7) is 1.51. The van der Waals surface area contributed by atoms with Crippen LogP contribution in [0, 0.1) is 5.92 Å². The van der Waals surface area contributed by atoms with Crippen molar-refractivity contribution in [1.29, 1.82) is 0 Å². The summed E-state index contributed by atoms with van der Waals surface area (Å²) in [5.41, 5.74) is 0.783. The van der Waals surface area contributed by atoms with E-state index in [1.807, 2.05) is 13.8 Å². The van der Waals surface area contributed by atoms with Crippen molar-refractivity contribution in [2.75, 3.05) is 0 Å². The van der Waals surface area contributed by atoms with Gasteiger partial charge < -0.3 is 9.67 Å². The zero-order chi connectivity index (χ0) is 14.0. The Balaban J connectivity index is 2.14. The van der Waals surface area contributed by atoms with Gasteiger partial charge in [-0.05, 0) is 17.5 Å². The minimum absolute atomic E-state index is 0.110. The average molecular weight is 269 g/mol. The number of aromatic nitrogens is 3. The Hall–Kier alpha value is -1.69. The van der Waals surface area contributed by atoms with Crippen LogP contribution in [-0.4, -0.2) is 19.2 Å². The monoisotopic (exact) mass is 269 g/mol. The van der Waals surface area contributed by atoms with Crippen molar-refractivity contribution in [1.82, 2.24) is 14.1 Å². The average Bonchev–Trinajstić information content (AvgIpc) is 2.97. The molecule has 0 aliphatic carbocycles. The van der Waals surface area contributed by atoms with Crippen molar-refractivity contribution in [2.45, 2.75) is 33.0 Å². The maximum absolute atomic E-state index is 12.7. The highest BCUT2D eigenvalue weighted by Crippen LogP contribution is 2.22. The van der Waals surface area contributed by atoms with Crippen LogP contribution >= 0.6 is 0 Å². The molecule has 0 spiro atoms. The minimum Gasteiger partial charge on any atom is -0.388 e. The van der Waals surface area contributed by atoms with Crippen LogP contribution in [0.5, 0.6) is 0 Å². The highest BCUT2D eigenvalue weighted by Gasteiger charge is 2.15. The second-order valence-electron chi connectivity index (χ2n) is 4.83. The zero-order valence-corrected chi connectivity index (χ0v) is 10.9. The third kappa shape index (κ3) is 3.01. The molecular weight excluding hydrogens is 252 g/mol. The summed E-state index contributed by atoms with van der Waals surface area (Å²) in [5, 5.41) is 9.93. The molecule has 0 saturated carbocycles. The van der Waals surface area contributed by atoms with Crippen LogP contribution in [-0.2, 0) is 6.54 Å². The first-order valence-electron chi connectivity index (χ1n) is 6.12. The Bertz CT molecular complexity index is 533. The predicted octanol–water partition coefficient (Wildman–Crippen LogP) is 2.82. The van der Waals surface area contributed by atoms with Gasteiger partial charge in [0.1, 0.15) is 5.82 Å². The van der Waals surface area contributed by atoms with E-state index in [-0.39, 0.29) is 18.3 Å². The number of hydrogen-bond acceptors (Lipinski definition) is 2. The molecule has 1 unspecified atom stereocenters. The first kappa shape index (κ1) is 13.7. The molecule has 4 nitrogen and oxygen atoms in total. The molecule has 0 aliphatic heterocycles. The van der Waals surface area contributed by atoms with Gasteiger partial charge >= 0.3 is 6.55 Å². The number of aliphatic hydroxyl groups is 1. The summed E-state index contributed by atoms with van der Waals surface area (Å²) in [5.74, 6) is 0.398. The van der Waals surface area contributed by atoms with Crippen molar-refractivity contribution in [2.24, 2.45) is 5.92 Å². The van der Waals surface area contributed by atoms with Crippen LogP contribution in [0.2, 0.25) is 0 Å². The van der Waals surface area contributed by atoms with E-state index < -0.39 is 12.7 Å². The van der Waals surface area contributed by atoms with Gasteiger partial charge in [-0.1, -0.05) is 13.8 Å². The molecule has 0 aliphatic rings. The summed E-state index contributed by atoms with van der Waals surface area (Å²) in [6, 6.07) is 1.79. The number of rotatable bonds is 5. The zero-order valence-electron chi connectivity index (χ0n) is 10.9. The van der Waals surface area contributed by atoms with E-state index in [4.69, 9.17) is 0 Å². The minimum atomic E-state index is -2.59. The topological polar surface area (TPSA) is 43.0 Å². The SMILES string of the molecule is CC(C)C(O)c1ccn(Cc2nccn2C(F)F)c1. The largest absolute Gasteiger partial charge is 0.388 e.